The highest BCUT2D eigenvalue weighted by Gasteiger charge is 2.22. The van der Waals surface area contributed by atoms with Crippen molar-refractivity contribution in [3.8, 4) is 0 Å². The van der Waals surface area contributed by atoms with E-state index in [1.165, 1.54) is 0 Å². The maximum Gasteiger partial charge on any atom is 0.303 e. The van der Waals surface area contributed by atoms with E-state index in [2.05, 4.69) is 5.32 Å². The number of ketones is 1. The second-order valence-electron chi connectivity index (χ2n) is 3.95. The molecule has 1 rings (SSSR count). The third-order valence-electron chi connectivity index (χ3n) is 2.78. The van der Waals surface area contributed by atoms with E-state index in [0.717, 1.165) is 32.1 Å². The first-order valence-electron chi connectivity index (χ1n) is 5.46. The van der Waals surface area contributed by atoms with Crippen molar-refractivity contribution < 1.29 is 14.4 Å². The summed E-state index contributed by atoms with van der Waals surface area (Å²) in [5.74, 6) is 3.02. The molecule has 0 atom stereocenters. The van der Waals surface area contributed by atoms with Gasteiger partial charge in [-0.25, -0.2) is 5.84 Å². The molecule has 6 heteroatoms. The molecule has 1 aliphatic rings. The molecule has 0 saturated heterocycles. The first kappa shape index (κ1) is 12.6. The Balaban J connectivity index is 2.28. The van der Waals surface area contributed by atoms with Crippen LogP contribution in [0.5, 0.6) is 0 Å². The number of carbonyl (C=O) groups excluding carboxylic acids is 3. The number of carbonyl (C=O) groups is 3. The van der Waals surface area contributed by atoms with Gasteiger partial charge in [0.1, 0.15) is 0 Å². The van der Waals surface area contributed by atoms with Crippen LogP contribution in [0.3, 0.4) is 0 Å². The minimum absolute atomic E-state index is 0.0116. The van der Waals surface area contributed by atoms with Crippen molar-refractivity contribution >= 4 is 17.6 Å². The largest absolute Gasteiger partial charge is 0.348 e. The van der Waals surface area contributed by atoms with Crippen molar-refractivity contribution in [1.29, 1.82) is 0 Å². The summed E-state index contributed by atoms with van der Waals surface area (Å²) in [5.41, 5.74) is 1.73. The smallest absolute Gasteiger partial charge is 0.303 e. The SMILES string of the molecule is NNC(=O)C(=O)CNC(=O)C1CCCCC1. The lowest BCUT2D eigenvalue weighted by Crippen LogP contribution is -2.43. The summed E-state index contributed by atoms with van der Waals surface area (Å²) < 4.78 is 0. The van der Waals surface area contributed by atoms with Gasteiger partial charge in [0.2, 0.25) is 11.7 Å². The van der Waals surface area contributed by atoms with Crippen LogP contribution in [0.4, 0.5) is 0 Å². The monoisotopic (exact) mass is 227 g/mol. The van der Waals surface area contributed by atoms with E-state index < -0.39 is 11.7 Å². The van der Waals surface area contributed by atoms with Gasteiger partial charge in [0.25, 0.3) is 0 Å². The molecule has 0 aromatic rings. The quantitative estimate of drug-likeness (QED) is 0.254. The molecule has 6 nitrogen and oxygen atoms in total. The van der Waals surface area contributed by atoms with Gasteiger partial charge in [0.05, 0.1) is 6.54 Å². The van der Waals surface area contributed by atoms with E-state index in [1.54, 1.807) is 5.43 Å². The molecule has 0 aromatic heterocycles. The predicted molar refractivity (Wildman–Crippen MR) is 56.9 cm³/mol. The molecule has 1 saturated carbocycles. The highest BCUT2D eigenvalue weighted by Crippen LogP contribution is 2.23. The van der Waals surface area contributed by atoms with Crippen molar-refractivity contribution in [3.05, 3.63) is 0 Å². The Labute approximate surface area is 93.9 Å². The van der Waals surface area contributed by atoms with Crippen LogP contribution in [-0.4, -0.2) is 24.1 Å². The van der Waals surface area contributed by atoms with Crippen molar-refractivity contribution in [1.82, 2.24) is 10.7 Å². The van der Waals surface area contributed by atoms with Crippen LogP contribution in [0.15, 0.2) is 0 Å². The van der Waals surface area contributed by atoms with Gasteiger partial charge in [-0.05, 0) is 12.8 Å². The van der Waals surface area contributed by atoms with Crippen LogP contribution < -0.4 is 16.6 Å². The van der Waals surface area contributed by atoms with Crippen molar-refractivity contribution in [3.63, 3.8) is 0 Å². The molecule has 0 aliphatic heterocycles. The molecule has 16 heavy (non-hydrogen) atoms. The molecule has 90 valence electrons. The number of hydrazine groups is 1. The zero-order valence-electron chi connectivity index (χ0n) is 9.12. The number of rotatable bonds is 4. The summed E-state index contributed by atoms with van der Waals surface area (Å²) >= 11 is 0. The summed E-state index contributed by atoms with van der Waals surface area (Å²) in [5, 5.41) is 2.46. The Morgan fingerprint density at radius 3 is 2.31 bits per heavy atom. The highest BCUT2D eigenvalue weighted by molar-refractivity contribution is 6.37. The van der Waals surface area contributed by atoms with E-state index >= 15 is 0 Å². The molecule has 0 heterocycles. The molecule has 0 bridgehead atoms. The van der Waals surface area contributed by atoms with Crippen LogP contribution in [0, 0.1) is 5.92 Å². The Morgan fingerprint density at radius 1 is 1.12 bits per heavy atom. The van der Waals surface area contributed by atoms with Crippen LogP contribution in [0.25, 0.3) is 0 Å². The number of amides is 2. The van der Waals surface area contributed by atoms with E-state index in [9.17, 15) is 14.4 Å². The lowest BCUT2D eigenvalue weighted by atomic mass is 9.89. The van der Waals surface area contributed by atoms with Crippen LogP contribution >= 0.6 is 0 Å². The number of Topliss-reactive ketones (excluding diaryl/α,β-unsaturated/α-hetero) is 1. The van der Waals surface area contributed by atoms with Crippen molar-refractivity contribution in [2.24, 2.45) is 11.8 Å². The number of nitrogens with two attached hydrogens (primary N) is 1. The molecule has 0 unspecified atom stereocenters. The van der Waals surface area contributed by atoms with E-state index in [4.69, 9.17) is 5.84 Å². The Bertz CT molecular complexity index is 285. The third-order valence-corrected chi connectivity index (χ3v) is 2.78. The van der Waals surface area contributed by atoms with Crippen molar-refractivity contribution in [2.45, 2.75) is 32.1 Å². The second-order valence-corrected chi connectivity index (χ2v) is 3.95. The van der Waals surface area contributed by atoms with Gasteiger partial charge in [-0.15, -0.1) is 0 Å². The van der Waals surface area contributed by atoms with Crippen LogP contribution in [0.1, 0.15) is 32.1 Å². The standard InChI is InChI=1S/C10H17N3O3/c11-13-10(16)8(14)6-12-9(15)7-4-2-1-3-5-7/h7H,1-6,11H2,(H,12,15)(H,13,16). The summed E-state index contributed by atoms with van der Waals surface area (Å²) in [6, 6.07) is 0. The maximum atomic E-state index is 11.6. The second kappa shape index (κ2) is 6.22. The summed E-state index contributed by atoms with van der Waals surface area (Å²) in [4.78, 5) is 33.4. The van der Waals surface area contributed by atoms with Gasteiger partial charge >= 0.3 is 5.91 Å². The van der Waals surface area contributed by atoms with Gasteiger partial charge in [-0.3, -0.25) is 19.8 Å². The molecule has 1 fully saturated rings. The fourth-order valence-electron chi connectivity index (χ4n) is 1.84. The van der Waals surface area contributed by atoms with Crippen LogP contribution in [0.2, 0.25) is 0 Å². The predicted octanol–water partition coefficient (Wildman–Crippen LogP) is -0.758. The van der Waals surface area contributed by atoms with Gasteiger partial charge in [-0.1, -0.05) is 19.3 Å². The molecule has 0 radical (unpaired) electrons. The minimum Gasteiger partial charge on any atom is -0.348 e. The molecule has 4 N–H and O–H groups in total. The average Bonchev–Trinajstić information content (AvgIpc) is 2.35. The van der Waals surface area contributed by atoms with E-state index in [-0.39, 0.29) is 18.4 Å². The minimum atomic E-state index is -0.885. The lowest BCUT2D eigenvalue weighted by Gasteiger charge is -2.20. The Hall–Kier alpha value is -1.43. The topological polar surface area (TPSA) is 101 Å². The average molecular weight is 227 g/mol. The molecule has 0 aromatic carbocycles. The maximum absolute atomic E-state index is 11.6. The van der Waals surface area contributed by atoms with E-state index in [1.807, 2.05) is 0 Å². The fraction of sp³-hybridized carbons (Fsp3) is 0.700. The van der Waals surface area contributed by atoms with Crippen LogP contribution in [-0.2, 0) is 14.4 Å². The van der Waals surface area contributed by atoms with Gasteiger partial charge in [-0.2, -0.15) is 0 Å². The fourth-order valence-corrected chi connectivity index (χ4v) is 1.84. The highest BCUT2D eigenvalue weighted by atomic mass is 16.2. The van der Waals surface area contributed by atoms with Gasteiger partial charge in [0.15, 0.2) is 0 Å². The summed E-state index contributed by atoms with van der Waals surface area (Å²) in [6.07, 6.45) is 5.00. The molecule has 2 amide bonds. The zero-order valence-corrected chi connectivity index (χ0v) is 9.12. The summed E-state index contributed by atoms with van der Waals surface area (Å²) in [6.45, 7) is -0.279. The third kappa shape index (κ3) is 3.62. The van der Waals surface area contributed by atoms with Gasteiger partial charge in [0, 0.05) is 5.92 Å². The van der Waals surface area contributed by atoms with E-state index in [0.29, 0.717) is 0 Å². The van der Waals surface area contributed by atoms with Crippen molar-refractivity contribution in [2.75, 3.05) is 6.54 Å². The van der Waals surface area contributed by atoms with Gasteiger partial charge < -0.3 is 5.32 Å². The summed E-state index contributed by atoms with van der Waals surface area (Å²) in [7, 11) is 0. The number of nitrogens with one attached hydrogen (secondary N) is 2. The molecular formula is C10H17N3O3. The first-order valence-corrected chi connectivity index (χ1v) is 5.46. The number of hydrogen-bond donors (Lipinski definition) is 3. The number of hydrogen-bond acceptors (Lipinski definition) is 4. The normalized spacial score (nSPS) is 16.6. The molecular weight excluding hydrogens is 210 g/mol. The molecule has 0 spiro atoms. The Kier molecular flexibility index (Phi) is 4.91. The zero-order chi connectivity index (χ0) is 12.0. The molecule has 1 aliphatic carbocycles. The lowest BCUT2D eigenvalue weighted by molar-refractivity contribution is -0.138. The Morgan fingerprint density at radius 2 is 1.75 bits per heavy atom. The first-order chi connectivity index (χ1) is 7.65.